The van der Waals surface area contributed by atoms with Gasteiger partial charge in [-0.15, -0.1) is 0 Å². The second kappa shape index (κ2) is 3.86. The number of hydrogen-bond acceptors (Lipinski definition) is 2. The van der Waals surface area contributed by atoms with Crippen molar-refractivity contribution in [2.75, 3.05) is 6.54 Å². The number of halogens is 1. The number of fused-ring (bicyclic) bond motifs is 1. The standard InChI is InChI=1S/C12H14BrNO2/c1-12(2,16)7-14-6-8-5-9(13)3-4-10(8)11(14)15/h3-5,16H,6-7H2,1-2H3. The Bertz CT molecular complexity index is 437. The van der Waals surface area contributed by atoms with Crippen LogP contribution in [0.5, 0.6) is 0 Å². The van der Waals surface area contributed by atoms with Gasteiger partial charge in [-0.25, -0.2) is 0 Å². The highest BCUT2D eigenvalue weighted by atomic mass is 79.9. The summed E-state index contributed by atoms with van der Waals surface area (Å²) < 4.78 is 0.976. The third-order valence-corrected chi connectivity index (χ3v) is 3.02. The summed E-state index contributed by atoms with van der Waals surface area (Å²) in [6.45, 7) is 4.36. The molecule has 86 valence electrons. The lowest BCUT2D eigenvalue weighted by molar-refractivity contribution is 0.0314. The van der Waals surface area contributed by atoms with Crippen LogP contribution in [0.25, 0.3) is 0 Å². The van der Waals surface area contributed by atoms with Gasteiger partial charge in [0.05, 0.1) is 5.60 Å². The number of aliphatic hydroxyl groups is 1. The number of benzene rings is 1. The summed E-state index contributed by atoms with van der Waals surface area (Å²) >= 11 is 3.39. The summed E-state index contributed by atoms with van der Waals surface area (Å²) in [6, 6.07) is 5.65. The normalized spacial score (nSPS) is 15.5. The number of carbonyl (C=O) groups is 1. The monoisotopic (exact) mass is 283 g/mol. The lowest BCUT2D eigenvalue weighted by atomic mass is 10.1. The van der Waals surface area contributed by atoms with Crippen molar-refractivity contribution in [3.05, 3.63) is 33.8 Å². The number of rotatable bonds is 2. The van der Waals surface area contributed by atoms with Crippen molar-refractivity contribution in [2.24, 2.45) is 0 Å². The molecule has 0 saturated carbocycles. The Kier molecular flexibility index (Phi) is 2.80. The molecule has 1 N–H and O–H groups in total. The van der Waals surface area contributed by atoms with Gasteiger partial charge >= 0.3 is 0 Å². The molecule has 1 aliphatic rings. The maximum absolute atomic E-state index is 12.0. The minimum atomic E-state index is -0.852. The molecule has 1 aromatic carbocycles. The summed E-state index contributed by atoms with van der Waals surface area (Å²) in [5.74, 6) is 0.00428. The summed E-state index contributed by atoms with van der Waals surface area (Å²) in [5, 5.41) is 9.73. The first-order chi connectivity index (χ1) is 7.37. The molecular formula is C12H14BrNO2. The summed E-state index contributed by atoms with van der Waals surface area (Å²) in [7, 11) is 0. The fourth-order valence-electron chi connectivity index (χ4n) is 1.94. The Morgan fingerprint density at radius 3 is 2.81 bits per heavy atom. The van der Waals surface area contributed by atoms with Gasteiger partial charge in [0.15, 0.2) is 0 Å². The van der Waals surface area contributed by atoms with E-state index in [2.05, 4.69) is 15.9 Å². The molecule has 1 amide bonds. The van der Waals surface area contributed by atoms with E-state index >= 15 is 0 Å². The Balaban J connectivity index is 2.24. The highest BCUT2D eigenvalue weighted by Gasteiger charge is 2.30. The van der Waals surface area contributed by atoms with E-state index in [4.69, 9.17) is 0 Å². The molecule has 1 aliphatic heterocycles. The molecule has 4 heteroatoms. The van der Waals surface area contributed by atoms with Crippen LogP contribution in [0.2, 0.25) is 0 Å². The summed E-state index contributed by atoms with van der Waals surface area (Å²) in [4.78, 5) is 13.7. The van der Waals surface area contributed by atoms with Gasteiger partial charge in [0.25, 0.3) is 5.91 Å². The van der Waals surface area contributed by atoms with E-state index in [0.717, 1.165) is 15.6 Å². The van der Waals surface area contributed by atoms with Crippen LogP contribution in [0.15, 0.2) is 22.7 Å². The van der Waals surface area contributed by atoms with Gasteiger partial charge in [-0.1, -0.05) is 15.9 Å². The molecule has 2 rings (SSSR count). The molecule has 0 unspecified atom stereocenters. The zero-order valence-electron chi connectivity index (χ0n) is 9.33. The second-order valence-electron chi connectivity index (χ2n) is 4.78. The lowest BCUT2D eigenvalue weighted by Gasteiger charge is -2.24. The number of β-amino-alcohol motifs (C(OH)–C–C–N with tert-alkyl or cyclic N) is 1. The third-order valence-electron chi connectivity index (χ3n) is 2.52. The van der Waals surface area contributed by atoms with Crippen LogP contribution in [0, 0.1) is 0 Å². The molecule has 1 aromatic rings. The largest absolute Gasteiger partial charge is 0.389 e. The van der Waals surface area contributed by atoms with E-state index in [0.29, 0.717) is 13.1 Å². The maximum Gasteiger partial charge on any atom is 0.254 e. The van der Waals surface area contributed by atoms with Crippen molar-refractivity contribution in [2.45, 2.75) is 26.0 Å². The van der Waals surface area contributed by atoms with Crippen LogP contribution in [-0.4, -0.2) is 28.1 Å². The average molecular weight is 284 g/mol. The summed E-state index contributed by atoms with van der Waals surface area (Å²) in [5.41, 5.74) is 0.908. The average Bonchev–Trinajstić information content (AvgIpc) is 2.40. The Hall–Kier alpha value is -0.870. The highest BCUT2D eigenvalue weighted by Crippen LogP contribution is 2.26. The number of nitrogens with zero attached hydrogens (tertiary/aromatic N) is 1. The van der Waals surface area contributed by atoms with Gasteiger partial charge in [0.2, 0.25) is 0 Å². The number of amides is 1. The van der Waals surface area contributed by atoms with Crippen molar-refractivity contribution < 1.29 is 9.90 Å². The number of hydrogen-bond donors (Lipinski definition) is 1. The Morgan fingerprint density at radius 2 is 2.19 bits per heavy atom. The minimum absolute atomic E-state index is 0.00428. The predicted molar refractivity (Wildman–Crippen MR) is 65.2 cm³/mol. The van der Waals surface area contributed by atoms with E-state index in [9.17, 15) is 9.90 Å². The molecular weight excluding hydrogens is 270 g/mol. The van der Waals surface area contributed by atoms with E-state index in [1.807, 2.05) is 18.2 Å². The first-order valence-electron chi connectivity index (χ1n) is 5.17. The van der Waals surface area contributed by atoms with Gasteiger partial charge < -0.3 is 10.0 Å². The first-order valence-corrected chi connectivity index (χ1v) is 5.96. The first kappa shape index (κ1) is 11.6. The van der Waals surface area contributed by atoms with Gasteiger partial charge in [-0.3, -0.25) is 4.79 Å². The van der Waals surface area contributed by atoms with Crippen LogP contribution < -0.4 is 0 Å². The lowest BCUT2D eigenvalue weighted by Crippen LogP contribution is -2.38. The molecule has 0 spiro atoms. The van der Waals surface area contributed by atoms with Crippen LogP contribution >= 0.6 is 15.9 Å². The van der Waals surface area contributed by atoms with Crippen molar-refractivity contribution in [3.63, 3.8) is 0 Å². The molecule has 0 fully saturated rings. The van der Waals surface area contributed by atoms with Crippen molar-refractivity contribution in [1.29, 1.82) is 0 Å². The zero-order chi connectivity index (χ0) is 11.9. The van der Waals surface area contributed by atoms with Crippen LogP contribution in [0.4, 0.5) is 0 Å². The third kappa shape index (κ3) is 2.28. The molecule has 1 heterocycles. The van der Waals surface area contributed by atoms with Gasteiger partial charge in [-0.05, 0) is 37.6 Å². The molecule has 0 bridgehead atoms. The van der Waals surface area contributed by atoms with E-state index in [1.54, 1.807) is 18.7 Å². The van der Waals surface area contributed by atoms with Crippen LogP contribution in [0.3, 0.4) is 0 Å². The second-order valence-corrected chi connectivity index (χ2v) is 5.69. The topological polar surface area (TPSA) is 40.5 Å². The quantitative estimate of drug-likeness (QED) is 0.904. The summed E-state index contributed by atoms with van der Waals surface area (Å²) in [6.07, 6.45) is 0. The van der Waals surface area contributed by atoms with Gasteiger partial charge in [-0.2, -0.15) is 0 Å². The Morgan fingerprint density at radius 1 is 1.50 bits per heavy atom. The van der Waals surface area contributed by atoms with E-state index < -0.39 is 5.60 Å². The van der Waals surface area contributed by atoms with Gasteiger partial charge in [0, 0.05) is 23.1 Å². The molecule has 16 heavy (non-hydrogen) atoms. The molecule has 3 nitrogen and oxygen atoms in total. The van der Waals surface area contributed by atoms with Crippen LogP contribution in [0.1, 0.15) is 29.8 Å². The molecule has 0 aromatic heterocycles. The van der Waals surface area contributed by atoms with Crippen molar-refractivity contribution >= 4 is 21.8 Å². The molecule has 0 aliphatic carbocycles. The molecule has 0 atom stereocenters. The minimum Gasteiger partial charge on any atom is -0.389 e. The fraction of sp³-hybridized carbons (Fsp3) is 0.417. The Labute approximate surface area is 103 Å². The maximum atomic E-state index is 12.0. The van der Waals surface area contributed by atoms with Crippen LogP contribution in [-0.2, 0) is 6.54 Å². The highest BCUT2D eigenvalue weighted by molar-refractivity contribution is 9.10. The smallest absolute Gasteiger partial charge is 0.254 e. The van der Waals surface area contributed by atoms with Crippen molar-refractivity contribution in [3.8, 4) is 0 Å². The zero-order valence-corrected chi connectivity index (χ0v) is 10.9. The molecule has 0 saturated heterocycles. The fourth-order valence-corrected chi connectivity index (χ4v) is 2.35. The number of carbonyl (C=O) groups excluding carboxylic acids is 1. The van der Waals surface area contributed by atoms with E-state index in [1.165, 1.54) is 0 Å². The SMILES string of the molecule is CC(C)(O)CN1Cc2cc(Br)ccc2C1=O. The van der Waals surface area contributed by atoms with Crippen molar-refractivity contribution in [1.82, 2.24) is 4.90 Å². The van der Waals surface area contributed by atoms with E-state index in [-0.39, 0.29) is 5.91 Å². The van der Waals surface area contributed by atoms with Gasteiger partial charge in [0.1, 0.15) is 0 Å². The molecule has 0 radical (unpaired) electrons. The predicted octanol–water partition coefficient (Wildman–Crippen LogP) is 2.18.